The third-order valence-electron chi connectivity index (χ3n) is 6.47. The second kappa shape index (κ2) is 8.81. The molecule has 2 heteroatoms. The lowest BCUT2D eigenvalue weighted by molar-refractivity contribution is 0.160. The topological polar surface area (TPSA) is 40.5 Å². The van der Waals surface area contributed by atoms with Gasteiger partial charge in [-0.1, -0.05) is 62.1 Å². The minimum absolute atomic E-state index is 0.0585. The Bertz CT molecular complexity index is 753. The highest BCUT2D eigenvalue weighted by molar-refractivity contribution is 5.37. The molecule has 3 aliphatic carbocycles. The van der Waals surface area contributed by atoms with Crippen LogP contribution in [0.25, 0.3) is 0 Å². The highest BCUT2D eigenvalue weighted by atomic mass is 16.3. The van der Waals surface area contributed by atoms with Gasteiger partial charge in [-0.25, -0.2) is 0 Å². The van der Waals surface area contributed by atoms with Crippen LogP contribution in [0.3, 0.4) is 0 Å². The summed E-state index contributed by atoms with van der Waals surface area (Å²) in [5.41, 5.74) is 2.51. The van der Waals surface area contributed by atoms with Crippen LogP contribution in [0.5, 0.6) is 0 Å². The molecular formula is C25H32O2. The summed E-state index contributed by atoms with van der Waals surface area (Å²) in [5.74, 6) is 6.98. The first-order valence-corrected chi connectivity index (χ1v) is 10.3. The summed E-state index contributed by atoms with van der Waals surface area (Å²) in [4.78, 5) is 0. The third kappa shape index (κ3) is 4.66. The van der Waals surface area contributed by atoms with Crippen molar-refractivity contribution >= 4 is 0 Å². The van der Waals surface area contributed by atoms with Crippen LogP contribution >= 0.6 is 0 Å². The van der Waals surface area contributed by atoms with Crippen LogP contribution in [0.2, 0.25) is 0 Å². The largest absolute Gasteiger partial charge is 0.507 e. The Balaban J connectivity index is 1.78. The fraction of sp³-hybridized carbons (Fsp3) is 0.520. The molecule has 2 N–H and O–H groups in total. The third-order valence-corrected chi connectivity index (χ3v) is 6.47. The van der Waals surface area contributed by atoms with Gasteiger partial charge in [-0.2, -0.15) is 0 Å². The Labute approximate surface area is 164 Å². The zero-order chi connectivity index (χ0) is 19.3. The van der Waals surface area contributed by atoms with Crippen molar-refractivity contribution in [3.63, 3.8) is 0 Å². The molecule has 0 bridgehead atoms. The summed E-state index contributed by atoms with van der Waals surface area (Å²) < 4.78 is 0. The molecule has 0 radical (unpaired) electrons. The van der Waals surface area contributed by atoms with E-state index < -0.39 is 0 Å². The van der Waals surface area contributed by atoms with E-state index in [0.717, 1.165) is 44.1 Å². The predicted octanol–water partition coefficient (Wildman–Crippen LogP) is 5.79. The van der Waals surface area contributed by atoms with E-state index in [9.17, 15) is 10.2 Å². The number of rotatable bonds is 6. The molecule has 0 aromatic heterocycles. The zero-order valence-corrected chi connectivity index (χ0v) is 16.6. The van der Waals surface area contributed by atoms with Crippen molar-refractivity contribution in [3.05, 3.63) is 59.4 Å². The van der Waals surface area contributed by atoms with Gasteiger partial charge in [0.05, 0.1) is 6.10 Å². The first-order valence-electron chi connectivity index (χ1n) is 10.3. The van der Waals surface area contributed by atoms with E-state index in [1.54, 1.807) is 6.08 Å². The average Bonchev–Trinajstić information content (AvgIpc) is 2.91. The Morgan fingerprint density at radius 1 is 1.22 bits per heavy atom. The minimum Gasteiger partial charge on any atom is -0.507 e. The highest BCUT2D eigenvalue weighted by Gasteiger charge is 2.37. The zero-order valence-electron chi connectivity index (χ0n) is 16.6. The molecule has 3 rings (SSSR count). The molecule has 4 unspecified atom stereocenters. The predicted molar refractivity (Wildman–Crippen MR) is 112 cm³/mol. The van der Waals surface area contributed by atoms with E-state index in [0.29, 0.717) is 18.1 Å². The smallest absolute Gasteiger partial charge is 0.127 e. The van der Waals surface area contributed by atoms with Crippen LogP contribution in [0.1, 0.15) is 58.8 Å². The van der Waals surface area contributed by atoms with Gasteiger partial charge in [0.25, 0.3) is 0 Å². The van der Waals surface area contributed by atoms with Crippen molar-refractivity contribution in [2.24, 2.45) is 17.3 Å². The molecule has 27 heavy (non-hydrogen) atoms. The van der Waals surface area contributed by atoms with E-state index in [-0.39, 0.29) is 17.4 Å². The van der Waals surface area contributed by atoms with Gasteiger partial charge in [-0.15, -0.1) is 0 Å². The van der Waals surface area contributed by atoms with E-state index in [4.69, 9.17) is 0 Å². The van der Waals surface area contributed by atoms with Gasteiger partial charge in [-0.05, 0) is 66.9 Å². The van der Waals surface area contributed by atoms with Crippen molar-refractivity contribution in [2.45, 2.75) is 64.9 Å². The number of aliphatic hydroxyl groups is 2. The van der Waals surface area contributed by atoms with Crippen molar-refractivity contribution in [3.8, 4) is 11.8 Å². The maximum absolute atomic E-state index is 10.3. The molecular weight excluding hydrogens is 332 g/mol. The van der Waals surface area contributed by atoms with Gasteiger partial charge >= 0.3 is 0 Å². The molecule has 0 saturated carbocycles. The first-order chi connectivity index (χ1) is 13.0. The minimum atomic E-state index is -0.293. The lowest BCUT2D eigenvalue weighted by Crippen LogP contribution is -2.32. The van der Waals surface area contributed by atoms with E-state index in [1.807, 2.05) is 6.08 Å². The molecule has 144 valence electrons. The van der Waals surface area contributed by atoms with E-state index in [1.165, 1.54) is 5.57 Å². The lowest BCUT2D eigenvalue weighted by Gasteiger charge is -2.41. The van der Waals surface area contributed by atoms with Gasteiger partial charge < -0.3 is 10.2 Å². The monoisotopic (exact) mass is 364 g/mol. The van der Waals surface area contributed by atoms with Crippen LogP contribution in [-0.4, -0.2) is 16.3 Å². The van der Waals surface area contributed by atoms with Crippen molar-refractivity contribution in [1.29, 1.82) is 0 Å². The average molecular weight is 365 g/mol. The maximum atomic E-state index is 10.3. The van der Waals surface area contributed by atoms with Crippen molar-refractivity contribution in [2.75, 3.05) is 0 Å². The standard InChI is InChI=1S/C25H32O2/c1-19(23-11-7-4-8-12-24(23)27)17-18-25(2,20-9-5-3-6-10-20)21-13-15-22(26)16-14-21/h5,9-13,15,19,21-22,26-27H,3,6-7,14,16-18H2,1-2H3. The second-order valence-electron chi connectivity index (χ2n) is 8.35. The fourth-order valence-corrected chi connectivity index (χ4v) is 4.57. The Morgan fingerprint density at radius 2 is 2.07 bits per heavy atom. The SMILES string of the molecule is CC(CCC(C)(C1=CCCC=C1)C1C=CC(O)CC1)C1=CCC#CC=C1O. The molecule has 0 aromatic carbocycles. The van der Waals surface area contributed by atoms with Crippen molar-refractivity contribution < 1.29 is 10.2 Å². The Hall–Kier alpha value is -1.98. The molecule has 2 nitrogen and oxygen atoms in total. The molecule has 0 saturated heterocycles. The van der Waals surface area contributed by atoms with Crippen LogP contribution in [-0.2, 0) is 0 Å². The normalized spacial score (nSPS) is 28.0. The number of hydrogen-bond donors (Lipinski definition) is 2. The summed E-state index contributed by atoms with van der Waals surface area (Å²) in [5, 5.41) is 20.2. The molecule has 0 heterocycles. The number of hydrogen-bond acceptors (Lipinski definition) is 2. The molecule has 3 aliphatic rings. The van der Waals surface area contributed by atoms with Gasteiger partial charge in [-0.3, -0.25) is 0 Å². The van der Waals surface area contributed by atoms with Gasteiger partial charge in [0, 0.05) is 12.5 Å². The Kier molecular flexibility index (Phi) is 6.45. The summed E-state index contributed by atoms with van der Waals surface area (Å²) in [6, 6.07) is 0. The van der Waals surface area contributed by atoms with Crippen LogP contribution in [0.4, 0.5) is 0 Å². The first kappa shape index (κ1) is 19.8. The van der Waals surface area contributed by atoms with E-state index >= 15 is 0 Å². The second-order valence-corrected chi connectivity index (χ2v) is 8.35. The Morgan fingerprint density at radius 3 is 2.78 bits per heavy atom. The number of aliphatic hydroxyl groups excluding tert-OH is 2. The summed E-state index contributed by atoms with van der Waals surface area (Å²) in [6.45, 7) is 4.58. The van der Waals surface area contributed by atoms with E-state index in [2.05, 4.69) is 56.1 Å². The number of allylic oxidation sites excluding steroid dienone is 8. The molecule has 4 atom stereocenters. The maximum Gasteiger partial charge on any atom is 0.127 e. The summed E-state index contributed by atoms with van der Waals surface area (Å²) in [6.07, 6.45) is 21.5. The molecule has 0 amide bonds. The lowest BCUT2D eigenvalue weighted by atomic mass is 9.63. The molecule has 0 spiro atoms. The van der Waals surface area contributed by atoms with Gasteiger partial charge in [0.15, 0.2) is 0 Å². The molecule has 0 fully saturated rings. The highest BCUT2D eigenvalue weighted by Crippen LogP contribution is 2.47. The summed E-state index contributed by atoms with van der Waals surface area (Å²) in [7, 11) is 0. The summed E-state index contributed by atoms with van der Waals surface area (Å²) >= 11 is 0. The van der Waals surface area contributed by atoms with Crippen LogP contribution in [0, 0.1) is 29.1 Å². The van der Waals surface area contributed by atoms with Gasteiger partial charge in [0.1, 0.15) is 5.76 Å². The molecule has 0 aliphatic heterocycles. The van der Waals surface area contributed by atoms with Crippen LogP contribution < -0.4 is 0 Å². The van der Waals surface area contributed by atoms with Crippen molar-refractivity contribution in [1.82, 2.24) is 0 Å². The fourth-order valence-electron chi connectivity index (χ4n) is 4.57. The molecule has 0 aromatic rings. The van der Waals surface area contributed by atoms with Crippen LogP contribution in [0.15, 0.2) is 59.4 Å². The van der Waals surface area contributed by atoms with Gasteiger partial charge in [0.2, 0.25) is 0 Å². The quantitative estimate of drug-likeness (QED) is 0.463.